The van der Waals surface area contributed by atoms with Gasteiger partial charge in [0.05, 0.1) is 0 Å². The normalized spacial score (nSPS) is 10.8. The van der Waals surface area contributed by atoms with Crippen molar-refractivity contribution in [3.05, 3.63) is 40.6 Å². The second-order valence-corrected chi connectivity index (χ2v) is 4.17. The molecule has 9 nitrogen and oxygen atoms in total. The molecule has 0 aliphatic carbocycles. The summed E-state index contributed by atoms with van der Waals surface area (Å²) < 4.78 is 2.47. The first-order valence-corrected chi connectivity index (χ1v) is 5.86. The lowest BCUT2D eigenvalue weighted by molar-refractivity contribution is -0.117. The van der Waals surface area contributed by atoms with Gasteiger partial charge in [-0.05, 0) is 19.1 Å². The van der Waals surface area contributed by atoms with Crippen LogP contribution in [0.5, 0.6) is 0 Å². The fraction of sp³-hybridized carbons (Fsp3) is 0.182. The van der Waals surface area contributed by atoms with Crippen molar-refractivity contribution >= 4 is 17.4 Å². The molecule has 3 rings (SSSR count). The maximum absolute atomic E-state index is 12.0. The zero-order chi connectivity index (χ0) is 14.1. The molecule has 0 saturated heterocycles. The Kier molecular flexibility index (Phi) is 2.78. The van der Waals surface area contributed by atoms with E-state index in [9.17, 15) is 9.59 Å². The van der Waals surface area contributed by atoms with Gasteiger partial charge >= 0.3 is 5.69 Å². The number of aromatic nitrogens is 6. The number of carbonyl (C=O) groups excluding carboxylic acids is 1. The summed E-state index contributed by atoms with van der Waals surface area (Å²) in [6, 6.07) is 5.18. The highest BCUT2D eigenvalue weighted by Gasteiger charge is 2.12. The third-order valence-electron chi connectivity index (χ3n) is 2.76. The molecule has 0 unspecified atom stereocenters. The molecule has 0 radical (unpaired) electrons. The summed E-state index contributed by atoms with van der Waals surface area (Å²) in [5.74, 6) is -0.0562. The van der Waals surface area contributed by atoms with E-state index >= 15 is 0 Å². The van der Waals surface area contributed by atoms with Gasteiger partial charge in [-0.2, -0.15) is 10.3 Å². The molecule has 0 saturated carbocycles. The predicted octanol–water partition coefficient (Wildman–Crippen LogP) is -0.439. The van der Waals surface area contributed by atoms with E-state index in [1.165, 1.54) is 4.40 Å². The number of H-pyrrole nitrogens is 1. The highest BCUT2D eigenvalue weighted by molar-refractivity contribution is 5.89. The van der Waals surface area contributed by atoms with Gasteiger partial charge in [-0.15, -0.1) is 10.2 Å². The fourth-order valence-electron chi connectivity index (χ4n) is 1.78. The van der Waals surface area contributed by atoms with Crippen molar-refractivity contribution in [1.82, 2.24) is 29.6 Å². The van der Waals surface area contributed by atoms with Gasteiger partial charge in [-0.25, -0.2) is 9.48 Å². The van der Waals surface area contributed by atoms with Crippen LogP contribution in [-0.2, 0) is 11.3 Å². The Bertz CT molecular complexity index is 829. The first-order valence-electron chi connectivity index (χ1n) is 5.86. The molecule has 3 aromatic heterocycles. The van der Waals surface area contributed by atoms with Crippen molar-refractivity contribution in [2.24, 2.45) is 0 Å². The molecule has 0 spiro atoms. The third kappa shape index (κ3) is 2.05. The molecule has 0 aliphatic rings. The standard InChI is InChI=1S/C11H11N7O2/c1-7-10(14-16-13-7)12-9(19)6-18-11(20)17-5-3-2-4-8(17)15-18/h2-5H,6H2,1H3,(H2,12,13,14,16,19). The third-order valence-corrected chi connectivity index (χ3v) is 2.76. The van der Waals surface area contributed by atoms with E-state index < -0.39 is 5.91 Å². The zero-order valence-corrected chi connectivity index (χ0v) is 10.6. The number of carbonyl (C=O) groups is 1. The summed E-state index contributed by atoms with van der Waals surface area (Å²) in [5.41, 5.74) is 0.691. The molecule has 3 heterocycles. The first-order chi connectivity index (χ1) is 9.65. The van der Waals surface area contributed by atoms with Gasteiger partial charge in [-0.1, -0.05) is 6.07 Å². The molecule has 2 N–H and O–H groups in total. The van der Waals surface area contributed by atoms with Crippen LogP contribution in [0.25, 0.3) is 5.65 Å². The Morgan fingerprint density at radius 1 is 1.40 bits per heavy atom. The van der Waals surface area contributed by atoms with Crippen LogP contribution in [0, 0.1) is 6.92 Å². The molecular weight excluding hydrogens is 262 g/mol. The Labute approximate surface area is 112 Å². The van der Waals surface area contributed by atoms with Crippen LogP contribution >= 0.6 is 0 Å². The lowest BCUT2D eigenvalue weighted by Crippen LogP contribution is -2.28. The Morgan fingerprint density at radius 2 is 2.25 bits per heavy atom. The number of aryl methyl sites for hydroxylation is 1. The van der Waals surface area contributed by atoms with Crippen molar-refractivity contribution in [3.63, 3.8) is 0 Å². The molecule has 102 valence electrons. The second-order valence-electron chi connectivity index (χ2n) is 4.17. The number of rotatable bonds is 3. The number of nitrogens with zero attached hydrogens (tertiary/aromatic N) is 5. The zero-order valence-electron chi connectivity index (χ0n) is 10.6. The van der Waals surface area contributed by atoms with Crippen molar-refractivity contribution < 1.29 is 4.79 Å². The minimum Gasteiger partial charge on any atom is -0.306 e. The number of fused-ring (bicyclic) bond motifs is 1. The van der Waals surface area contributed by atoms with Crippen LogP contribution < -0.4 is 11.0 Å². The maximum atomic E-state index is 12.0. The maximum Gasteiger partial charge on any atom is 0.350 e. The minimum atomic E-state index is -0.396. The number of nitrogens with one attached hydrogen (secondary N) is 2. The van der Waals surface area contributed by atoms with Crippen LogP contribution in [0.1, 0.15) is 5.69 Å². The van der Waals surface area contributed by atoms with Gasteiger partial charge in [0.1, 0.15) is 12.2 Å². The van der Waals surface area contributed by atoms with Crippen molar-refractivity contribution in [1.29, 1.82) is 0 Å². The van der Waals surface area contributed by atoms with Gasteiger partial charge in [0.25, 0.3) is 0 Å². The summed E-state index contributed by atoms with van der Waals surface area (Å²) in [7, 11) is 0. The molecule has 0 aromatic carbocycles. The molecule has 1 amide bonds. The number of amides is 1. The first kappa shape index (κ1) is 12.1. The summed E-state index contributed by atoms with van der Waals surface area (Å²) >= 11 is 0. The van der Waals surface area contributed by atoms with Gasteiger partial charge in [-0.3, -0.25) is 9.20 Å². The van der Waals surface area contributed by atoms with Crippen LogP contribution in [0.2, 0.25) is 0 Å². The van der Waals surface area contributed by atoms with Crippen LogP contribution in [-0.4, -0.2) is 35.5 Å². The average molecular weight is 273 g/mol. The minimum absolute atomic E-state index is 0.188. The van der Waals surface area contributed by atoms with E-state index in [1.54, 1.807) is 31.3 Å². The molecule has 0 aliphatic heterocycles. The van der Waals surface area contributed by atoms with E-state index in [0.29, 0.717) is 17.2 Å². The van der Waals surface area contributed by atoms with E-state index in [0.717, 1.165) is 4.68 Å². The second kappa shape index (κ2) is 4.61. The predicted molar refractivity (Wildman–Crippen MR) is 69.2 cm³/mol. The van der Waals surface area contributed by atoms with E-state index in [4.69, 9.17) is 0 Å². The van der Waals surface area contributed by atoms with Gasteiger partial charge in [0.15, 0.2) is 11.5 Å². The van der Waals surface area contributed by atoms with Crippen LogP contribution in [0.4, 0.5) is 5.82 Å². The van der Waals surface area contributed by atoms with Crippen LogP contribution in [0.3, 0.4) is 0 Å². The van der Waals surface area contributed by atoms with Crippen molar-refractivity contribution in [2.45, 2.75) is 13.5 Å². The lowest BCUT2D eigenvalue weighted by atomic mass is 10.4. The number of aromatic amines is 1. The van der Waals surface area contributed by atoms with Crippen molar-refractivity contribution in [2.75, 3.05) is 5.32 Å². The quantitative estimate of drug-likeness (QED) is 0.672. The van der Waals surface area contributed by atoms with E-state index in [1.807, 2.05) is 0 Å². The molecule has 9 heteroatoms. The van der Waals surface area contributed by atoms with Crippen molar-refractivity contribution in [3.8, 4) is 0 Å². The largest absolute Gasteiger partial charge is 0.350 e. The fourth-order valence-corrected chi connectivity index (χ4v) is 1.78. The highest BCUT2D eigenvalue weighted by atomic mass is 16.2. The summed E-state index contributed by atoms with van der Waals surface area (Å²) in [6.45, 7) is 1.52. The Hall–Kier alpha value is -2.97. The monoisotopic (exact) mass is 273 g/mol. The summed E-state index contributed by atoms with van der Waals surface area (Å²) in [5, 5.41) is 16.6. The SMILES string of the molecule is Cc1n[nH]nc1NC(=O)Cn1nc2ccccn2c1=O. The van der Waals surface area contributed by atoms with Gasteiger partial charge < -0.3 is 5.32 Å². The summed E-state index contributed by atoms with van der Waals surface area (Å²) in [4.78, 5) is 23.8. The average Bonchev–Trinajstić information content (AvgIpc) is 2.96. The van der Waals surface area contributed by atoms with E-state index in [2.05, 4.69) is 25.8 Å². The number of pyridine rings is 1. The van der Waals surface area contributed by atoms with Crippen LogP contribution in [0.15, 0.2) is 29.2 Å². The Balaban J connectivity index is 1.83. The molecular formula is C11H11N7O2. The molecule has 20 heavy (non-hydrogen) atoms. The molecule has 0 atom stereocenters. The van der Waals surface area contributed by atoms with Gasteiger partial charge in [0, 0.05) is 6.20 Å². The Morgan fingerprint density at radius 3 is 2.95 bits per heavy atom. The summed E-state index contributed by atoms with van der Waals surface area (Å²) in [6.07, 6.45) is 1.60. The molecule has 3 aromatic rings. The number of hydrogen-bond acceptors (Lipinski definition) is 5. The molecule has 0 bridgehead atoms. The number of hydrogen-bond donors (Lipinski definition) is 2. The van der Waals surface area contributed by atoms with E-state index in [-0.39, 0.29) is 12.2 Å². The van der Waals surface area contributed by atoms with Gasteiger partial charge in [0.2, 0.25) is 5.91 Å². The topological polar surface area (TPSA) is 110 Å². The highest BCUT2D eigenvalue weighted by Crippen LogP contribution is 2.04. The number of anilines is 1. The lowest BCUT2D eigenvalue weighted by Gasteiger charge is -2.01. The smallest absolute Gasteiger partial charge is 0.306 e. The molecule has 0 fully saturated rings.